The van der Waals surface area contributed by atoms with Crippen LogP contribution < -0.4 is 25.2 Å². The molecule has 0 spiro atoms. The number of amides is 1. The van der Waals surface area contributed by atoms with Crippen LogP contribution in [0.5, 0.6) is 11.5 Å². The molecule has 1 unspecified atom stereocenters. The van der Waals surface area contributed by atoms with E-state index in [1.54, 1.807) is 21.1 Å². The summed E-state index contributed by atoms with van der Waals surface area (Å²) in [7, 11) is -2.96. The Kier molecular flexibility index (Phi) is 14.3. The molecule has 326 valence electrons. The zero-order chi connectivity index (χ0) is 44.1. The average molecular weight is 877 g/mol. The van der Waals surface area contributed by atoms with Crippen molar-refractivity contribution in [1.82, 2.24) is 18.9 Å². The molecule has 4 aromatic rings. The van der Waals surface area contributed by atoms with Crippen LogP contribution in [0.3, 0.4) is 0 Å². The van der Waals surface area contributed by atoms with E-state index < -0.39 is 65.5 Å². The molecule has 1 aromatic heterocycles. The van der Waals surface area contributed by atoms with Crippen molar-refractivity contribution in [1.29, 1.82) is 5.26 Å². The second kappa shape index (κ2) is 19.1. The summed E-state index contributed by atoms with van der Waals surface area (Å²) in [5.74, 6) is 0.254. The van der Waals surface area contributed by atoms with Gasteiger partial charge in [-0.15, -0.1) is 0 Å². The number of anilines is 1. The smallest absolute Gasteiger partial charge is 0.351 e. The molecule has 2 aliphatic heterocycles. The minimum Gasteiger partial charge on any atom is -0.497 e. The first-order chi connectivity index (χ1) is 29.1. The lowest BCUT2D eigenvalue weighted by atomic mass is 9.79. The van der Waals surface area contributed by atoms with Gasteiger partial charge in [0.15, 0.2) is 6.23 Å². The molecular weight excluding hydrogens is 824 g/mol. The monoisotopic (exact) mass is 876 g/mol. The van der Waals surface area contributed by atoms with E-state index in [9.17, 15) is 23.3 Å². The van der Waals surface area contributed by atoms with Crippen LogP contribution in [0.15, 0.2) is 89.9 Å². The number of nitriles is 1. The Labute approximate surface area is 358 Å². The van der Waals surface area contributed by atoms with Gasteiger partial charge in [0, 0.05) is 30.8 Å². The Morgan fingerprint density at radius 3 is 2.11 bits per heavy atom. The lowest BCUT2D eigenvalue weighted by Crippen LogP contribution is -2.63. The van der Waals surface area contributed by atoms with Crippen LogP contribution in [0.4, 0.5) is 5.82 Å². The molecular formula is C43H53N6O10PS. The number of carbonyl (C=O) groups excluding carboxylic acids is 1. The van der Waals surface area contributed by atoms with E-state index in [0.717, 1.165) is 5.56 Å². The van der Waals surface area contributed by atoms with Gasteiger partial charge in [0.1, 0.15) is 34.6 Å². The van der Waals surface area contributed by atoms with Crippen LogP contribution in [-0.2, 0) is 38.9 Å². The van der Waals surface area contributed by atoms with Gasteiger partial charge in [-0.1, -0.05) is 54.6 Å². The van der Waals surface area contributed by atoms with E-state index in [-0.39, 0.29) is 37.5 Å². The lowest BCUT2D eigenvalue weighted by Gasteiger charge is -2.44. The number of nitrogens with zero attached hydrogens (tertiary/aromatic N) is 4. The summed E-state index contributed by atoms with van der Waals surface area (Å²) >= 11 is 0. The minimum absolute atomic E-state index is 0.0499. The number of ether oxygens (including phenoxy) is 4. The third-order valence-electron chi connectivity index (χ3n) is 10.5. The van der Waals surface area contributed by atoms with Crippen molar-refractivity contribution in [2.75, 3.05) is 38.5 Å². The molecule has 61 heavy (non-hydrogen) atoms. The Morgan fingerprint density at radius 2 is 1.59 bits per heavy atom. The maximum Gasteiger partial charge on any atom is 0.351 e. The zero-order valence-corrected chi connectivity index (χ0v) is 37.2. The highest BCUT2D eigenvalue weighted by atomic mass is 32.2. The highest BCUT2D eigenvalue weighted by Gasteiger charge is 2.65. The number of aryl methyl sites for hydroxylation is 1. The van der Waals surface area contributed by atoms with Gasteiger partial charge in [0.25, 0.3) is 8.53 Å². The number of carbonyl (C=O) groups is 1. The molecule has 16 nitrogen and oxygen atoms in total. The van der Waals surface area contributed by atoms with E-state index in [2.05, 4.69) is 21.1 Å². The standard InChI is InChI=1S/C43H53N6O10PS/c1-28(2)49(29(3)4)60(57-24-12-23-44)59-38-37-40(48-25-30(5)39(45-31(6)50)46-41(48)51)58-42(38,27-61(52,53)47-37)26-56-43(32-13-10-9-11-14-32,33-15-19-35(54-7)20-16-33)34-17-21-36(55-8)22-18-34/h9-11,13-22,25,28-29,37-38,40,47H,12,24,26-27H2,1-8H3,(H,45,46,50,51)/t37-,38+,40-,42+,60?/m1/s1. The predicted molar refractivity (Wildman–Crippen MR) is 229 cm³/mol. The summed E-state index contributed by atoms with van der Waals surface area (Å²) in [4.78, 5) is 30.0. The number of hydrogen-bond donors (Lipinski definition) is 2. The number of methoxy groups -OCH3 is 2. The highest BCUT2D eigenvalue weighted by Crippen LogP contribution is 2.54. The van der Waals surface area contributed by atoms with Crippen LogP contribution >= 0.6 is 8.53 Å². The third kappa shape index (κ3) is 9.67. The van der Waals surface area contributed by atoms with Crippen molar-refractivity contribution in [2.45, 2.75) is 89.6 Å². The van der Waals surface area contributed by atoms with E-state index in [1.165, 1.54) is 17.7 Å². The maximum absolute atomic E-state index is 14.1. The largest absolute Gasteiger partial charge is 0.497 e. The van der Waals surface area contributed by atoms with E-state index in [1.807, 2.05) is 111 Å². The number of aromatic nitrogens is 2. The summed E-state index contributed by atoms with van der Waals surface area (Å²) < 4.78 is 73.0. The molecule has 2 bridgehead atoms. The Bertz CT molecular complexity index is 2300. The highest BCUT2D eigenvalue weighted by molar-refractivity contribution is 7.89. The summed E-state index contributed by atoms with van der Waals surface area (Å²) in [6.07, 6.45) is -0.872. The van der Waals surface area contributed by atoms with Gasteiger partial charge in [0.05, 0.1) is 51.7 Å². The van der Waals surface area contributed by atoms with Gasteiger partial charge in [-0.3, -0.25) is 9.36 Å². The van der Waals surface area contributed by atoms with Crippen molar-refractivity contribution < 1.29 is 41.2 Å². The minimum atomic E-state index is -4.14. The van der Waals surface area contributed by atoms with Crippen LogP contribution in [0, 0.1) is 18.3 Å². The molecule has 0 radical (unpaired) electrons. The molecule has 5 atom stereocenters. The van der Waals surface area contributed by atoms with Crippen LogP contribution in [-0.4, -0.2) is 91.6 Å². The molecule has 0 aliphatic carbocycles. The number of benzene rings is 3. The number of sulfonamides is 1. The first-order valence-corrected chi connectivity index (χ1v) is 22.6. The zero-order valence-electron chi connectivity index (χ0n) is 35.5. The Hall–Kier alpha value is -4.76. The van der Waals surface area contributed by atoms with Crippen molar-refractivity contribution in [3.63, 3.8) is 0 Å². The molecule has 3 heterocycles. The molecule has 6 rings (SSSR count). The quantitative estimate of drug-likeness (QED) is 0.0697. The van der Waals surface area contributed by atoms with E-state index in [0.29, 0.717) is 28.2 Å². The fraction of sp³-hybridized carbons (Fsp3) is 0.442. The van der Waals surface area contributed by atoms with Crippen molar-refractivity contribution in [3.05, 3.63) is 118 Å². The molecule has 3 aromatic carbocycles. The Balaban J connectivity index is 1.57. The predicted octanol–water partition coefficient (Wildman–Crippen LogP) is 5.77. The van der Waals surface area contributed by atoms with Crippen molar-refractivity contribution in [2.24, 2.45) is 0 Å². The van der Waals surface area contributed by atoms with Crippen LogP contribution in [0.1, 0.15) is 69.5 Å². The molecule has 1 amide bonds. The summed E-state index contributed by atoms with van der Waals surface area (Å²) in [6, 6.07) is 25.1. The van der Waals surface area contributed by atoms with Gasteiger partial charge >= 0.3 is 5.69 Å². The maximum atomic E-state index is 14.1. The van der Waals surface area contributed by atoms with E-state index >= 15 is 0 Å². The number of fused-ring (bicyclic) bond motifs is 2. The van der Waals surface area contributed by atoms with E-state index in [4.69, 9.17) is 28.0 Å². The third-order valence-corrected chi connectivity index (χ3v) is 14.1. The summed E-state index contributed by atoms with van der Waals surface area (Å²) in [5.41, 5.74) is -1.44. The molecule has 2 N–H and O–H groups in total. The first-order valence-electron chi connectivity index (χ1n) is 19.9. The number of nitrogens with one attached hydrogen (secondary N) is 2. The van der Waals surface area contributed by atoms with Crippen molar-refractivity contribution in [3.8, 4) is 17.6 Å². The van der Waals surface area contributed by atoms with Gasteiger partial charge in [0.2, 0.25) is 15.9 Å². The van der Waals surface area contributed by atoms with Crippen LogP contribution in [0.2, 0.25) is 0 Å². The molecule has 2 aliphatic rings. The number of hydrogen-bond acceptors (Lipinski definition) is 13. The lowest BCUT2D eigenvalue weighted by molar-refractivity contribution is -0.146. The second-order valence-electron chi connectivity index (χ2n) is 15.5. The fourth-order valence-electron chi connectivity index (χ4n) is 7.95. The van der Waals surface area contributed by atoms with Gasteiger partial charge in [-0.25, -0.2) is 22.6 Å². The van der Waals surface area contributed by atoms with Crippen LogP contribution in [0.25, 0.3) is 0 Å². The molecule has 0 saturated carbocycles. The summed E-state index contributed by atoms with van der Waals surface area (Å²) in [6.45, 7) is 10.6. The topological polar surface area (TPSA) is 193 Å². The SMILES string of the molecule is COc1ccc(C(OC[C@@]23CS(=O)(=O)N[C@@H]([C@H](n4cc(C)c(NC(C)=O)nc4=O)O2)[C@@H]3OP(OCCC#N)N(C(C)C)C(C)C)(c2ccccc2)c2ccc(OC)cc2)cc1. The first kappa shape index (κ1) is 45.8. The van der Waals surface area contributed by atoms with Gasteiger partial charge in [-0.2, -0.15) is 10.2 Å². The van der Waals surface area contributed by atoms with Gasteiger partial charge < -0.3 is 33.3 Å². The summed E-state index contributed by atoms with van der Waals surface area (Å²) in [5, 5.41) is 12.0. The average Bonchev–Trinajstić information content (AvgIpc) is 3.41. The Morgan fingerprint density at radius 1 is 1.02 bits per heavy atom. The molecule has 2 saturated heterocycles. The molecule has 2 fully saturated rings. The second-order valence-corrected chi connectivity index (χ2v) is 18.6. The van der Waals surface area contributed by atoms with Crippen molar-refractivity contribution >= 4 is 30.3 Å². The normalized spacial score (nSPS) is 21.3. The fourth-order valence-corrected chi connectivity index (χ4v) is 11.5. The van der Waals surface area contributed by atoms with Gasteiger partial charge in [-0.05, 0) is 75.6 Å². The number of rotatable bonds is 18. The molecule has 18 heteroatoms.